The lowest BCUT2D eigenvalue weighted by molar-refractivity contribution is 0.0922. The highest BCUT2D eigenvalue weighted by atomic mass is 16.4. The maximum Gasteiger partial charge on any atom is 0.287 e. The molecule has 4 rings (SSSR count). The average Bonchev–Trinajstić information content (AvgIpc) is 3.12. The summed E-state index contributed by atoms with van der Waals surface area (Å²) in [7, 11) is 0. The van der Waals surface area contributed by atoms with Gasteiger partial charge < -0.3 is 19.5 Å². The predicted octanol–water partition coefficient (Wildman–Crippen LogP) is 3.05. The van der Waals surface area contributed by atoms with Gasteiger partial charge in [0.05, 0.1) is 5.52 Å². The number of furan rings is 1. The third kappa shape index (κ3) is 4.18. The molecule has 0 radical (unpaired) electrons. The normalized spacial score (nSPS) is 16.1. The van der Waals surface area contributed by atoms with Gasteiger partial charge in [-0.05, 0) is 50.2 Å². The second-order valence-electron chi connectivity index (χ2n) is 7.57. The molecule has 0 unspecified atom stereocenters. The zero-order valence-electron chi connectivity index (χ0n) is 16.7. The Bertz CT molecular complexity index is 973. The number of aryl methyl sites for hydroxylation is 1. The molecule has 1 aromatic carbocycles. The van der Waals surface area contributed by atoms with Crippen LogP contribution in [-0.2, 0) is 0 Å². The lowest BCUT2D eigenvalue weighted by Gasteiger charge is -2.33. The van der Waals surface area contributed by atoms with Gasteiger partial charge in [0, 0.05) is 43.5 Å². The Morgan fingerprint density at radius 3 is 2.68 bits per heavy atom. The highest BCUT2D eigenvalue weighted by Gasteiger charge is 2.16. The molecule has 0 saturated carbocycles. The number of rotatable bonds is 6. The third-order valence-electron chi connectivity index (χ3n) is 5.53. The van der Waals surface area contributed by atoms with Crippen molar-refractivity contribution in [3.8, 4) is 0 Å². The van der Waals surface area contributed by atoms with Crippen molar-refractivity contribution in [2.75, 3.05) is 45.8 Å². The zero-order chi connectivity index (χ0) is 19.5. The van der Waals surface area contributed by atoms with Gasteiger partial charge in [0.15, 0.2) is 5.76 Å². The topological polar surface area (TPSA) is 61.6 Å². The molecule has 6 nitrogen and oxygen atoms in total. The van der Waals surface area contributed by atoms with Crippen LogP contribution in [0, 0.1) is 6.92 Å². The summed E-state index contributed by atoms with van der Waals surface area (Å²) in [6.07, 6.45) is 0.944. The summed E-state index contributed by atoms with van der Waals surface area (Å²) < 4.78 is 5.71. The van der Waals surface area contributed by atoms with Gasteiger partial charge in [-0.3, -0.25) is 4.79 Å². The summed E-state index contributed by atoms with van der Waals surface area (Å²) in [4.78, 5) is 21.9. The predicted molar refractivity (Wildman–Crippen MR) is 112 cm³/mol. The molecule has 3 heterocycles. The fraction of sp³-hybridized carbons (Fsp3) is 0.455. The number of likely N-dealkylation sites (N-methyl/N-ethyl adjacent to an activating group) is 1. The molecular weight excluding hydrogens is 352 g/mol. The molecule has 0 spiro atoms. The number of benzene rings is 1. The van der Waals surface area contributed by atoms with E-state index >= 15 is 0 Å². The van der Waals surface area contributed by atoms with Crippen molar-refractivity contribution in [3.05, 3.63) is 41.7 Å². The van der Waals surface area contributed by atoms with Crippen LogP contribution in [0.1, 0.15) is 29.5 Å². The van der Waals surface area contributed by atoms with E-state index in [0.717, 1.165) is 67.5 Å². The van der Waals surface area contributed by atoms with Crippen molar-refractivity contribution < 1.29 is 9.21 Å². The van der Waals surface area contributed by atoms with Crippen LogP contribution in [0.3, 0.4) is 0 Å². The number of nitrogens with zero attached hydrogens (tertiary/aromatic N) is 3. The Morgan fingerprint density at radius 2 is 1.89 bits per heavy atom. The maximum atomic E-state index is 12.4. The molecule has 148 valence electrons. The van der Waals surface area contributed by atoms with Crippen molar-refractivity contribution in [1.29, 1.82) is 0 Å². The van der Waals surface area contributed by atoms with Gasteiger partial charge in [-0.1, -0.05) is 19.1 Å². The van der Waals surface area contributed by atoms with Gasteiger partial charge in [0.1, 0.15) is 0 Å². The molecule has 2 aromatic heterocycles. The van der Waals surface area contributed by atoms with Crippen LogP contribution in [0.5, 0.6) is 0 Å². The van der Waals surface area contributed by atoms with E-state index in [9.17, 15) is 4.79 Å². The molecule has 1 N–H and O–H groups in total. The maximum absolute atomic E-state index is 12.4. The monoisotopic (exact) mass is 380 g/mol. The number of amides is 1. The van der Waals surface area contributed by atoms with Gasteiger partial charge in [-0.25, -0.2) is 4.98 Å². The van der Waals surface area contributed by atoms with Gasteiger partial charge in [-0.15, -0.1) is 0 Å². The van der Waals surface area contributed by atoms with Crippen LogP contribution in [-0.4, -0.2) is 66.5 Å². The first-order valence-corrected chi connectivity index (χ1v) is 10.2. The molecule has 1 aliphatic rings. The standard InChI is InChI=1S/C22H28N4O2/c1-3-25-9-11-26(12-10-25)8-4-7-23-21(27)20-15-18-14-17-6-5-16(2)13-19(17)24-22(18)28-20/h5-6,13-15H,3-4,7-12H2,1-2H3,(H,23,27). The van der Waals surface area contributed by atoms with E-state index in [-0.39, 0.29) is 5.91 Å². The molecule has 1 saturated heterocycles. The van der Waals surface area contributed by atoms with Crippen LogP contribution in [0.4, 0.5) is 0 Å². The molecule has 28 heavy (non-hydrogen) atoms. The van der Waals surface area contributed by atoms with Crippen molar-refractivity contribution in [1.82, 2.24) is 20.1 Å². The summed E-state index contributed by atoms with van der Waals surface area (Å²) >= 11 is 0. The summed E-state index contributed by atoms with van der Waals surface area (Å²) in [6.45, 7) is 11.6. The van der Waals surface area contributed by atoms with Crippen LogP contribution in [0.25, 0.3) is 22.0 Å². The smallest absolute Gasteiger partial charge is 0.287 e. The minimum atomic E-state index is -0.172. The van der Waals surface area contributed by atoms with Crippen molar-refractivity contribution in [2.45, 2.75) is 20.3 Å². The van der Waals surface area contributed by atoms with Crippen molar-refractivity contribution in [2.24, 2.45) is 0 Å². The molecule has 3 aromatic rings. The number of nitrogens with one attached hydrogen (secondary N) is 1. The van der Waals surface area contributed by atoms with E-state index in [4.69, 9.17) is 4.42 Å². The molecule has 1 fully saturated rings. The van der Waals surface area contributed by atoms with Crippen molar-refractivity contribution >= 4 is 27.9 Å². The minimum absolute atomic E-state index is 0.172. The van der Waals surface area contributed by atoms with E-state index in [2.05, 4.69) is 33.1 Å². The number of hydrogen-bond acceptors (Lipinski definition) is 5. The van der Waals surface area contributed by atoms with E-state index in [1.54, 1.807) is 6.07 Å². The molecule has 6 heteroatoms. The first-order valence-electron chi connectivity index (χ1n) is 10.2. The molecule has 1 aliphatic heterocycles. The molecule has 1 amide bonds. The van der Waals surface area contributed by atoms with Crippen molar-refractivity contribution in [3.63, 3.8) is 0 Å². The van der Waals surface area contributed by atoms with Crippen LogP contribution >= 0.6 is 0 Å². The largest absolute Gasteiger partial charge is 0.433 e. The Morgan fingerprint density at radius 1 is 1.11 bits per heavy atom. The fourth-order valence-corrected chi connectivity index (χ4v) is 3.77. The molecule has 0 atom stereocenters. The van der Waals surface area contributed by atoms with Gasteiger partial charge in [0.2, 0.25) is 5.71 Å². The number of carbonyl (C=O) groups excluding carboxylic acids is 1. The number of piperazine rings is 1. The third-order valence-corrected chi connectivity index (χ3v) is 5.53. The number of fused-ring (bicyclic) bond motifs is 2. The molecule has 0 aliphatic carbocycles. The Hall–Kier alpha value is -2.44. The molecule has 0 bridgehead atoms. The Kier molecular flexibility index (Phi) is 5.59. The van der Waals surface area contributed by atoms with E-state index < -0.39 is 0 Å². The number of hydrogen-bond donors (Lipinski definition) is 1. The Labute approximate surface area is 165 Å². The highest BCUT2D eigenvalue weighted by Crippen LogP contribution is 2.23. The first kappa shape index (κ1) is 18.9. The first-order chi connectivity index (χ1) is 13.6. The van der Waals surface area contributed by atoms with Gasteiger partial charge in [-0.2, -0.15) is 0 Å². The number of aromatic nitrogens is 1. The second kappa shape index (κ2) is 8.29. The minimum Gasteiger partial charge on any atom is -0.433 e. The number of carbonyl (C=O) groups is 1. The SMILES string of the molecule is CCN1CCN(CCCNC(=O)c2cc3cc4ccc(C)cc4nc3o2)CC1. The van der Waals surface area contributed by atoms with E-state index in [1.807, 2.05) is 25.1 Å². The average molecular weight is 380 g/mol. The lowest BCUT2D eigenvalue weighted by Crippen LogP contribution is -2.46. The Balaban J connectivity index is 1.32. The highest BCUT2D eigenvalue weighted by molar-refractivity contribution is 5.98. The lowest BCUT2D eigenvalue weighted by atomic mass is 10.1. The summed E-state index contributed by atoms with van der Waals surface area (Å²) in [6, 6.07) is 9.93. The van der Waals surface area contributed by atoms with Gasteiger partial charge >= 0.3 is 0 Å². The van der Waals surface area contributed by atoms with E-state index in [0.29, 0.717) is 18.0 Å². The van der Waals surface area contributed by atoms with Gasteiger partial charge in [0.25, 0.3) is 5.91 Å². The fourth-order valence-electron chi connectivity index (χ4n) is 3.77. The summed E-state index contributed by atoms with van der Waals surface area (Å²) in [5.74, 6) is 0.153. The van der Waals surface area contributed by atoms with Crippen LogP contribution in [0.2, 0.25) is 0 Å². The second-order valence-corrected chi connectivity index (χ2v) is 7.57. The number of pyridine rings is 1. The van der Waals surface area contributed by atoms with E-state index in [1.165, 1.54) is 0 Å². The van der Waals surface area contributed by atoms with Crippen LogP contribution < -0.4 is 5.32 Å². The zero-order valence-corrected chi connectivity index (χ0v) is 16.7. The quantitative estimate of drug-likeness (QED) is 0.666. The molecular formula is C22H28N4O2. The summed E-state index contributed by atoms with van der Waals surface area (Å²) in [5, 5.41) is 4.88. The van der Waals surface area contributed by atoms with Crippen LogP contribution in [0.15, 0.2) is 34.7 Å². The summed E-state index contributed by atoms with van der Waals surface area (Å²) in [5.41, 5.74) is 2.55.